The fourth-order valence-electron chi connectivity index (χ4n) is 2.82. The average molecular weight is 424 g/mol. The molecule has 2 aromatic carbocycles. The molecule has 0 spiro atoms. The van der Waals surface area contributed by atoms with Crippen LogP contribution in [-0.4, -0.2) is 34.8 Å². The highest BCUT2D eigenvalue weighted by Crippen LogP contribution is 2.27. The molecule has 9 nitrogen and oxygen atoms in total. The average Bonchev–Trinajstić information content (AvgIpc) is 3.17. The second kappa shape index (κ2) is 7.99. The second-order valence-corrected chi connectivity index (χ2v) is 8.13. The first-order valence-corrected chi connectivity index (χ1v) is 10.7. The Kier molecular flexibility index (Phi) is 5.23. The van der Waals surface area contributed by atoms with Gasteiger partial charge in [0.2, 0.25) is 0 Å². The Balaban J connectivity index is 1.72. The Hall–Kier alpha value is -3.66. The zero-order chi connectivity index (χ0) is 21.1. The maximum absolute atomic E-state index is 12.8. The van der Waals surface area contributed by atoms with Gasteiger partial charge in [-0.15, -0.1) is 0 Å². The summed E-state index contributed by atoms with van der Waals surface area (Å²) >= 11 is 0. The van der Waals surface area contributed by atoms with Crippen molar-refractivity contribution < 1.29 is 13.2 Å². The molecule has 2 N–H and O–H groups in total. The Bertz CT molecular complexity index is 1290. The number of nitrogens with zero attached hydrogens (tertiary/aromatic N) is 4. The van der Waals surface area contributed by atoms with Gasteiger partial charge in [0.05, 0.1) is 23.8 Å². The molecule has 0 saturated carbocycles. The van der Waals surface area contributed by atoms with Crippen LogP contribution in [0, 0.1) is 0 Å². The van der Waals surface area contributed by atoms with E-state index in [9.17, 15) is 8.42 Å². The highest BCUT2D eigenvalue weighted by Gasteiger charge is 2.20. The van der Waals surface area contributed by atoms with Crippen LogP contribution < -0.4 is 14.8 Å². The molecular weight excluding hydrogens is 404 g/mol. The molecule has 0 amide bonds. The minimum atomic E-state index is -3.89. The molecule has 0 aliphatic heterocycles. The number of hydrogen-bond donors (Lipinski definition) is 2. The summed E-state index contributed by atoms with van der Waals surface area (Å²) < 4.78 is 35.0. The lowest BCUT2D eigenvalue weighted by Gasteiger charge is -2.13. The number of para-hydroxylation sites is 2. The maximum atomic E-state index is 12.8. The summed E-state index contributed by atoms with van der Waals surface area (Å²) in [5.41, 5.74) is 1.92. The van der Waals surface area contributed by atoms with Crippen molar-refractivity contribution in [3.8, 4) is 5.75 Å². The predicted molar refractivity (Wildman–Crippen MR) is 114 cm³/mol. The minimum absolute atomic E-state index is 0.0342. The molecule has 0 atom stereocenters. The van der Waals surface area contributed by atoms with Crippen molar-refractivity contribution >= 4 is 38.4 Å². The van der Waals surface area contributed by atoms with Gasteiger partial charge in [-0.05, 0) is 43.3 Å². The molecule has 0 saturated heterocycles. The molecule has 2 aromatic heterocycles. The Morgan fingerprint density at radius 1 is 1.00 bits per heavy atom. The first-order valence-electron chi connectivity index (χ1n) is 9.23. The standard InChI is InChI=1S/C20H20N6O3S/c1-3-29-15-10-8-14(9-11-15)22-19-20(24-18-7-5-4-6-17(18)23-19)25-30(27,28)16-12-21-26(2)13-16/h4-13H,3H2,1-2H3,(H,22,23)(H,24,25). The number of hydrogen-bond acceptors (Lipinski definition) is 7. The molecule has 0 aliphatic carbocycles. The maximum Gasteiger partial charge on any atom is 0.266 e. The molecule has 0 radical (unpaired) electrons. The fraction of sp³-hybridized carbons (Fsp3) is 0.150. The molecule has 0 fully saturated rings. The number of rotatable bonds is 7. The quantitative estimate of drug-likeness (QED) is 0.468. The van der Waals surface area contributed by atoms with E-state index >= 15 is 0 Å². The van der Waals surface area contributed by atoms with E-state index in [2.05, 4.69) is 25.1 Å². The normalized spacial score (nSPS) is 11.4. The first kappa shape index (κ1) is 19.6. The van der Waals surface area contributed by atoms with E-state index in [1.54, 1.807) is 13.1 Å². The van der Waals surface area contributed by atoms with Crippen molar-refractivity contribution in [3.63, 3.8) is 0 Å². The van der Waals surface area contributed by atoms with Gasteiger partial charge < -0.3 is 10.1 Å². The van der Waals surface area contributed by atoms with Crippen molar-refractivity contribution in [3.05, 3.63) is 60.9 Å². The van der Waals surface area contributed by atoms with Gasteiger partial charge in [-0.2, -0.15) is 5.10 Å². The van der Waals surface area contributed by atoms with Crippen LogP contribution in [0.2, 0.25) is 0 Å². The second-order valence-electron chi connectivity index (χ2n) is 6.45. The molecule has 0 unspecified atom stereocenters. The SMILES string of the molecule is CCOc1ccc(Nc2nc3ccccc3nc2NS(=O)(=O)c2cnn(C)c2)cc1. The first-order chi connectivity index (χ1) is 14.4. The summed E-state index contributed by atoms with van der Waals surface area (Å²) in [5, 5.41) is 7.06. The molecule has 4 rings (SSSR count). The molecule has 10 heteroatoms. The molecule has 2 heterocycles. The molecule has 30 heavy (non-hydrogen) atoms. The lowest BCUT2D eigenvalue weighted by Crippen LogP contribution is -2.15. The Morgan fingerprint density at radius 3 is 2.27 bits per heavy atom. The lowest BCUT2D eigenvalue weighted by atomic mass is 10.3. The zero-order valence-electron chi connectivity index (χ0n) is 16.4. The molecule has 0 bridgehead atoms. The van der Waals surface area contributed by atoms with Crippen molar-refractivity contribution in [2.24, 2.45) is 7.05 Å². The number of fused-ring (bicyclic) bond motifs is 1. The van der Waals surface area contributed by atoms with Gasteiger partial charge in [-0.25, -0.2) is 18.4 Å². The van der Waals surface area contributed by atoms with Crippen molar-refractivity contribution in [2.75, 3.05) is 16.6 Å². The highest BCUT2D eigenvalue weighted by molar-refractivity contribution is 7.92. The Labute approximate surface area is 173 Å². The van der Waals surface area contributed by atoms with Gasteiger partial charge in [0.1, 0.15) is 10.6 Å². The van der Waals surface area contributed by atoms with Gasteiger partial charge >= 0.3 is 0 Å². The van der Waals surface area contributed by atoms with Crippen LogP contribution in [0.5, 0.6) is 5.75 Å². The summed E-state index contributed by atoms with van der Waals surface area (Å²) in [4.78, 5) is 9.06. The third-order valence-electron chi connectivity index (χ3n) is 4.22. The largest absolute Gasteiger partial charge is 0.494 e. The van der Waals surface area contributed by atoms with Crippen LogP contribution in [0.1, 0.15) is 6.92 Å². The van der Waals surface area contributed by atoms with Crippen LogP contribution in [0.15, 0.2) is 65.8 Å². The topological polar surface area (TPSA) is 111 Å². The number of ether oxygens (including phenoxy) is 1. The molecule has 0 aliphatic rings. The lowest BCUT2D eigenvalue weighted by molar-refractivity contribution is 0.340. The number of aromatic nitrogens is 4. The van der Waals surface area contributed by atoms with Gasteiger partial charge in [0.15, 0.2) is 11.6 Å². The number of benzene rings is 2. The smallest absolute Gasteiger partial charge is 0.266 e. The van der Waals surface area contributed by atoms with Crippen molar-refractivity contribution in [2.45, 2.75) is 11.8 Å². The van der Waals surface area contributed by atoms with E-state index in [0.29, 0.717) is 23.3 Å². The van der Waals surface area contributed by atoms with E-state index in [0.717, 1.165) is 5.75 Å². The van der Waals surface area contributed by atoms with E-state index in [4.69, 9.17) is 4.74 Å². The molecule has 4 aromatic rings. The van der Waals surface area contributed by atoms with E-state index in [1.165, 1.54) is 17.1 Å². The number of anilines is 3. The predicted octanol–water partition coefficient (Wildman–Crippen LogP) is 3.31. The highest BCUT2D eigenvalue weighted by atomic mass is 32.2. The van der Waals surface area contributed by atoms with Crippen LogP contribution in [0.4, 0.5) is 17.3 Å². The van der Waals surface area contributed by atoms with Crippen LogP contribution in [0.25, 0.3) is 11.0 Å². The summed E-state index contributed by atoms with van der Waals surface area (Å²) in [6.45, 7) is 2.49. The van der Waals surface area contributed by atoms with Gasteiger partial charge in [0, 0.05) is 18.9 Å². The van der Waals surface area contributed by atoms with Crippen molar-refractivity contribution in [1.82, 2.24) is 19.7 Å². The third-order valence-corrected chi connectivity index (χ3v) is 5.51. The van der Waals surface area contributed by atoms with E-state index in [1.807, 2.05) is 49.4 Å². The van der Waals surface area contributed by atoms with E-state index < -0.39 is 10.0 Å². The zero-order valence-corrected chi connectivity index (χ0v) is 17.2. The van der Waals surface area contributed by atoms with E-state index in [-0.39, 0.29) is 16.5 Å². The Morgan fingerprint density at radius 2 is 1.67 bits per heavy atom. The summed E-state index contributed by atoms with van der Waals surface area (Å²) in [6, 6.07) is 14.5. The van der Waals surface area contributed by atoms with Crippen LogP contribution in [-0.2, 0) is 17.1 Å². The van der Waals surface area contributed by atoms with Crippen LogP contribution >= 0.6 is 0 Å². The number of aryl methyl sites for hydroxylation is 1. The summed E-state index contributed by atoms with van der Waals surface area (Å²) in [6.07, 6.45) is 2.69. The molecular formula is C20H20N6O3S. The van der Waals surface area contributed by atoms with Crippen LogP contribution in [0.3, 0.4) is 0 Å². The fourth-order valence-corrected chi connectivity index (χ4v) is 3.81. The third kappa shape index (κ3) is 4.18. The molecule has 154 valence electrons. The van der Waals surface area contributed by atoms with Gasteiger partial charge in [0.25, 0.3) is 10.0 Å². The summed E-state index contributed by atoms with van der Waals surface area (Å²) in [5.74, 6) is 1.11. The number of sulfonamides is 1. The van der Waals surface area contributed by atoms with Crippen molar-refractivity contribution in [1.29, 1.82) is 0 Å². The monoisotopic (exact) mass is 424 g/mol. The minimum Gasteiger partial charge on any atom is -0.494 e. The van der Waals surface area contributed by atoms with Gasteiger partial charge in [-0.1, -0.05) is 12.1 Å². The van der Waals surface area contributed by atoms with Gasteiger partial charge in [-0.3, -0.25) is 9.40 Å². The summed E-state index contributed by atoms with van der Waals surface area (Å²) in [7, 11) is -2.24. The number of nitrogens with one attached hydrogen (secondary N) is 2.